The molecule has 0 unspecified atom stereocenters. The molecule has 2 fully saturated rings. The van der Waals surface area contributed by atoms with Gasteiger partial charge in [-0.15, -0.1) is 0 Å². The molecule has 1 aliphatic carbocycles. The Balaban J connectivity index is 1.33. The number of anilines is 2. The number of likely N-dealkylation sites (N-methyl/N-ethyl adjacent to an activating group) is 1. The van der Waals surface area contributed by atoms with Gasteiger partial charge < -0.3 is 10.2 Å². The van der Waals surface area contributed by atoms with E-state index in [2.05, 4.69) is 62.5 Å². The number of hydrogen-bond acceptors (Lipinski definition) is 6. The van der Waals surface area contributed by atoms with Crippen molar-refractivity contribution in [2.45, 2.75) is 38.8 Å². The van der Waals surface area contributed by atoms with E-state index in [9.17, 15) is 4.79 Å². The Labute approximate surface area is 210 Å². The van der Waals surface area contributed by atoms with Crippen LogP contribution in [0.15, 0.2) is 54.9 Å². The van der Waals surface area contributed by atoms with Crippen molar-refractivity contribution >= 4 is 23.1 Å². The summed E-state index contributed by atoms with van der Waals surface area (Å²) < 4.78 is 3.63. The van der Waals surface area contributed by atoms with Crippen LogP contribution in [0.5, 0.6) is 0 Å². The fourth-order valence-electron chi connectivity index (χ4n) is 5.02. The van der Waals surface area contributed by atoms with Gasteiger partial charge in [0.2, 0.25) is 5.91 Å². The number of amides is 1. The van der Waals surface area contributed by atoms with Crippen molar-refractivity contribution in [3.63, 3.8) is 0 Å². The third-order valence-corrected chi connectivity index (χ3v) is 7.34. The summed E-state index contributed by atoms with van der Waals surface area (Å²) in [5.41, 5.74) is 4.81. The molecule has 1 N–H and O–H groups in total. The lowest BCUT2D eigenvalue weighted by molar-refractivity contribution is -0.117. The zero-order valence-electron chi connectivity index (χ0n) is 20.8. The molecular formula is C27H32N8O. The van der Waals surface area contributed by atoms with Gasteiger partial charge in [-0.05, 0) is 43.5 Å². The first-order chi connectivity index (χ1) is 17.6. The normalized spacial score (nSPS) is 17.8. The number of nitrogens with one attached hydrogen (secondary N) is 1. The summed E-state index contributed by atoms with van der Waals surface area (Å²) in [5, 5.41) is 12.4. The summed E-state index contributed by atoms with van der Waals surface area (Å²) in [5.74, 6) is 0.712. The number of imidazole rings is 1. The van der Waals surface area contributed by atoms with Crippen LogP contribution >= 0.6 is 0 Å². The first-order valence-corrected chi connectivity index (χ1v) is 12.8. The molecule has 2 aliphatic rings. The highest BCUT2D eigenvalue weighted by atomic mass is 16.2. The van der Waals surface area contributed by atoms with Gasteiger partial charge in [-0.2, -0.15) is 10.2 Å². The van der Waals surface area contributed by atoms with Crippen LogP contribution in [0.2, 0.25) is 0 Å². The van der Waals surface area contributed by atoms with E-state index in [1.807, 2.05) is 30.1 Å². The molecule has 0 spiro atoms. The van der Waals surface area contributed by atoms with Gasteiger partial charge in [-0.25, -0.2) is 9.50 Å². The Kier molecular flexibility index (Phi) is 5.92. The van der Waals surface area contributed by atoms with E-state index >= 15 is 0 Å². The molecule has 0 radical (unpaired) electrons. The number of carbonyl (C=O) groups is 1. The van der Waals surface area contributed by atoms with E-state index in [1.165, 1.54) is 18.5 Å². The van der Waals surface area contributed by atoms with Gasteiger partial charge in [0, 0.05) is 38.6 Å². The first-order valence-electron chi connectivity index (χ1n) is 12.8. The molecule has 1 saturated heterocycles. The summed E-state index contributed by atoms with van der Waals surface area (Å²) in [4.78, 5) is 21.7. The highest BCUT2D eigenvalue weighted by Gasteiger charge is 2.31. The quantitative estimate of drug-likeness (QED) is 0.391. The maximum atomic E-state index is 12.2. The van der Waals surface area contributed by atoms with Crippen molar-refractivity contribution < 1.29 is 4.79 Å². The molecule has 1 amide bonds. The molecule has 186 valence electrons. The number of rotatable bonds is 9. The highest BCUT2D eigenvalue weighted by Crippen LogP contribution is 2.33. The minimum Gasteiger partial charge on any atom is -0.363 e. The zero-order valence-corrected chi connectivity index (χ0v) is 20.8. The zero-order chi connectivity index (χ0) is 24.6. The lowest BCUT2D eigenvalue weighted by Crippen LogP contribution is -2.53. The second-order valence-electron chi connectivity index (χ2n) is 9.85. The smallest absolute Gasteiger partial charge is 0.228 e. The predicted octanol–water partition coefficient (Wildman–Crippen LogP) is 3.58. The monoisotopic (exact) mass is 484 g/mol. The van der Waals surface area contributed by atoms with Crippen molar-refractivity contribution in [2.75, 3.05) is 29.9 Å². The topological polar surface area (TPSA) is 83.6 Å². The molecule has 0 bridgehead atoms. The van der Waals surface area contributed by atoms with Crippen LogP contribution in [0.3, 0.4) is 0 Å². The molecule has 9 heteroatoms. The van der Waals surface area contributed by atoms with Crippen molar-refractivity contribution in [1.82, 2.24) is 29.3 Å². The van der Waals surface area contributed by atoms with E-state index in [0.717, 1.165) is 49.6 Å². The summed E-state index contributed by atoms with van der Waals surface area (Å²) in [7, 11) is 1.96. The van der Waals surface area contributed by atoms with Crippen LogP contribution in [0.4, 0.5) is 11.5 Å². The number of nitrogens with zero attached hydrogens (tertiary/aromatic N) is 7. The van der Waals surface area contributed by atoms with Gasteiger partial charge in [0.1, 0.15) is 11.4 Å². The molecule has 1 saturated carbocycles. The van der Waals surface area contributed by atoms with Crippen LogP contribution in [0.1, 0.15) is 31.7 Å². The Morgan fingerprint density at radius 1 is 1.14 bits per heavy atom. The molecule has 1 aliphatic heterocycles. The number of aryl methyl sites for hydroxylation is 1. The predicted molar refractivity (Wildman–Crippen MR) is 140 cm³/mol. The minimum absolute atomic E-state index is 0.0428. The summed E-state index contributed by atoms with van der Waals surface area (Å²) in [6.07, 6.45) is 6.87. The van der Waals surface area contributed by atoms with Crippen molar-refractivity contribution in [1.29, 1.82) is 0 Å². The average molecular weight is 485 g/mol. The van der Waals surface area contributed by atoms with Gasteiger partial charge in [0.05, 0.1) is 18.1 Å². The molecule has 1 aromatic carbocycles. The molecule has 6 rings (SSSR count). The van der Waals surface area contributed by atoms with Crippen molar-refractivity contribution in [2.24, 2.45) is 13.0 Å². The van der Waals surface area contributed by atoms with Crippen LogP contribution in [0.25, 0.3) is 17.0 Å². The Morgan fingerprint density at radius 2 is 1.97 bits per heavy atom. The SMILES string of the molecule is CCN1CC[C@@H]1CN(Cc1ccccc1)c1cnn(C)c1-c1ccc2nc(NC(=O)C3CC3)cn2n1. The maximum Gasteiger partial charge on any atom is 0.228 e. The Bertz CT molecular complexity index is 1370. The third kappa shape index (κ3) is 4.46. The number of carbonyl (C=O) groups excluding carboxylic acids is 1. The van der Waals surface area contributed by atoms with E-state index in [1.54, 1.807) is 10.7 Å². The van der Waals surface area contributed by atoms with Gasteiger partial charge in [-0.3, -0.25) is 14.4 Å². The average Bonchev–Trinajstić information content (AvgIpc) is 3.54. The fourth-order valence-corrected chi connectivity index (χ4v) is 5.02. The Morgan fingerprint density at radius 3 is 2.69 bits per heavy atom. The van der Waals surface area contributed by atoms with Crippen LogP contribution in [-0.2, 0) is 18.4 Å². The minimum atomic E-state index is 0.0428. The number of likely N-dealkylation sites (tertiary alicyclic amines) is 1. The van der Waals surface area contributed by atoms with Gasteiger partial charge in [0.25, 0.3) is 0 Å². The standard InChI is InChI=1S/C27H32N8O/c1-3-33-14-13-21(33)17-34(16-19-7-5-4-6-8-19)23-15-28-32(2)26(23)22-11-12-25-29-24(18-35(25)31-22)30-27(36)20-9-10-20/h4-8,11-12,15,18,20-21H,3,9-10,13-14,16-17H2,1-2H3,(H,30,36)/t21-/m1/s1. The summed E-state index contributed by atoms with van der Waals surface area (Å²) >= 11 is 0. The van der Waals surface area contributed by atoms with Gasteiger partial charge in [0.15, 0.2) is 11.5 Å². The summed E-state index contributed by atoms with van der Waals surface area (Å²) in [6.45, 7) is 6.21. The third-order valence-electron chi connectivity index (χ3n) is 7.34. The number of benzene rings is 1. The van der Waals surface area contributed by atoms with Crippen LogP contribution in [0, 0.1) is 5.92 Å². The molecule has 36 heavy (non-hydrogen) atoms. The number of fused-ring (bicyclic) bond motifs is 1. The molecular weight excluding hydrogens is 452 g/mol. The molecule has 4 heterocycles. The Hall–Kier alpha value is -3.72. The molecule has 4 aromatic rings. The lowest BCUT2D eigenvalue weighted by Gasteiger charge is -2.43. The van der Waals surface area contributed by atoms with E-state index in [-0.39, 0.29) is 11.8 Å². The second kappa shape index (κ2) is 9.39. The summed E-state index contributed by atoms with van der Waals surface area (Å²) in [6, 6.07) is 15.0. The van der Waals surface area contributed by atoms with E-state index in [4.69, 9.17) is 5.10 Å². The van der Waals surface area contributed by atoms with Crippen molar-refractivity contribution in [3.05, 3.63) is 60.4 Å². The molecule has 9 nitrogen and oxygen atoms in total. The van der Waals surface area contributed by atoms with Crippen LogP contribution < -0.4 is 10.2 Å². The van der Waals surface area contributed by atoms with E-state index < -0.39 is 0 Å². The van der Waals surface area contributed by atoms with Gasteiger partial charge >= 0.3 is 0 Å². The van der Waals surface area contributed by atoms with Crippen molar-refractivity contribution in [3.8, 4) is 11.4 Å². The largest absolute Gasteiger partial charge is 0.363 e. The van der Waals surface area contributed by atoms with Gasteiger partial charge in [-0.1, -0.05) is 37.3 Å². The highest BCUT2D eigenvalue weighted by molar-refractivity contribution is 5.93. The second-order valence-corrected chi connectivity index (χ2v) is 9.85. The fraction of sp³-hybridized carbons (Fsp3) is 0.407. The molecule has 3 aromatic heterocycles. The maximum absolute atomic E-state index is 12.2. The van der Waals surface area contributed by atoms with Crippen LogP contribution in [-0.4, -0.2) is 60.9 Å². The number of aromatic nitrogens is 5. The number of hydrogen-bond donors (Lipinski definition) is 1. The van der Waals surface area contributed by atoms with E-state index in [0.29, 0.717) is 17.5 Å². The first kappa shape index (κ1) is 22.7. The molecule has 1 atom stereocenters. The lowest BCUT2D eigenvalue weighted by atomic mass is 10.0.